The van der Waals surface area contributed by atoms with E-state index in [9.17, 15) is 23.5 Å². The number of rotatable bonds is 3. The van der Waals surface area contributed by atoms with Gasteiger partial charge in [0.05, 0.1) is 22.2 Å². The van der Waals surface area contributed by atoms with E-state index >= 15 is 0 Å². The molecule has 1 aliphatic rings. The fourth-order valence-electron chi connectivity index (χ4n) is 3.57. The number of ether oxygens (including phenoxy) is 1. The van der Waals surface area contributed by atoms with Crippen LogP contribution in [0.4, 0.5) is 18.9 Å². The van der Waals surface area contributed by atoms with Crippen LogP contribution in [0.3, 0.4) is 0 Å². The number of halogens is 5. The number of phenolic OH excluding ortho intramolecular Hbond substituents is 1. The number of hydrogen-bond donors (Lipinski definition) is 2. The molecule has 34 heavy (non-hydrogen) atoms. The lowest BCUT2D eigenvalue weighted by atomic mass is 9.83. The minimum Gasteiger partial charge on any atom is -0.507 e. The number of nitrogens with two attached hydrogens (primary N) is 1. The fraction of sp³-hybridized carbons (Fsp3) is 0.0833. The lowest BCUT2D eigenvalue weighted by molar-refractivity contribution is -0.137. The zero-order valence-electron chi connectivity index (χ0n) is 17.1. The first-order chi connectivity index (χ1) is 16.1. The maximum atomic E-state index is 13.1. The summed E-state index contributed by atoms with van der Waals surface area (Å²) in [6.07, 6.45) is -3.38. The summed E-state index contributed by atoms with van der Waals surface area (Å²) in [6, 6.07) is 14.5. The van der Waals surface area contributed by atoms with Gasteiger partial charge in [0, 0.05) is 28.4 Å². The van der Waals surface area contributed by atoms with Gasteiger partial charge >= 0.3 is 6.18 Å². The van der Waals surface area contributed by atoms with Crippen molar-refractivity contribution in [3.05, 3.63) is 98.4 Å². The Morgan fingerprint density at radius 3 is 2.56 bits per heavy atom. The molecule has 0 fully saturated rings. The summed E-state index contributed by atoms with van der Waals surface area (Å²) in [5.74, 6) is -0.814. The lowest BCUT2D eigenvalue weighted by Gasteiger charge is -2.27. The Labute approximate surface area is 202 Å². The predicted octanol–water partition coefficient (Wildman–Crippen LogP) is 6.69. The second-order valence-corrected chi connectivity index (χ2v) is 8.19. The van der Waals surface area contributed by atoms with E-state index in [4.69, 9.17) is 33.7 Å². The van der Waals surface area contributed by atoms with E-state index in [-0.39, 0.29) is 39.2 Å². The molecule has 1 atom stereocenters. The highest BCUT2D eigenvalue weighted by molar-refractivity contribution is 6.33. The van der Waals surface area contributed by atoms with Gasteiger partial charge in [0.15, 0.2) is 0 Å². The largest absolute Gasteiger partial charge is 0.507 e. The van der Waals surface area contributed by atoms with Gasteiger partial charge in [0.2, 0.25) is 5.88 Å². The van der Waals surface area contributed by atoms with Crippen molar-refractivity contribution in [2.45, 2.75) is 12.1 Å². The second-order valence-electron chi connectivity index (χ2n) is 7.35. The van der Waals surface area contributed by atoms with Crippen molar-refractivity contribution in [1.29, 1.82) is 5.26 Å². The highest BCUT2D eigenvalue weighted by atomic mass is 35.5. The summed E-state index contributed by atoms with van der Waals surface area (Å²) < 4.78 is 44.7. The predicted molar refractivity (Wildman–Crippen MR) is 123 cm³/mol. The third-order valence-electron chi connectivity index (χ3n) is 5.16. The first-order valence-electron chi connectivity index (χ1n) is 9.69. The molecule has 0 amide bonds. The van der Waals surface area contributed by atoms with Crippen LogP contribution in [0.5, 0.6) is 11.5 Å². The van der Waals surface area contributed by atoms with Crippen molar-refractivity contribution in [2.24, 2.45) is 10.7 Å². The molecule has 0 aromatic heterocycles. The number of nitriles is 1. The lowest BCUT2D eigenvalue weighted by Crippen LogP contribution is -2.21. The van der Waals surface area contributed by atoms with Gasteiger partial charge in [0.25, 0.3) is 0 Å². The number of fused-ring (bicyclic) bond motifs is 1. The SMILES string of the molecule is N#CC1=C(N)Oc2cc(O)c(C=Nc3cc(C(F)(F)F)ccc3Cl)cc2C1c1cccc(Cl)c1. The molecule has 1 unspecified atom stereocenters. The van der Waals surface area contributed by atoms with Crippen molar-refractivity contribution < 1.29 is 23.0 Å². The zero-order chi connectivity index (χ0) is 24.6. The second kappa shape index (κ2) is 8.93. The van der Waals surface area contributed by atoms with Crippen molar-refractivity contribution in [3.63, 3.8) is 0 Å². The molecule has 10 heteroatoms. The normalized spacial score (nSPS) is 15.7. The van der Waals surface area contributed by atoms with Crippen LogP contribution < -0.4 is 10.5 Å². The Kier molecular flexibility index (Phi) is 6.17. The molecule has 172 valence electrons. The van der Waals surface area contributed by atoms with Crippen LogP contribution in [-0.2, 0) is 6.18 Å². The highest BCUT2D eigenvalue weighted by Gasteiger charge is 2.32. The van der Waals surface area contributed by atoms with Gasteiger partial charge in [0.1, 0.15) is 23.1 Å². The molecule has 0 saturated carbocycles. The molecular weight excluding hydrogens is 490 g/mol. The van der Waals surface area contributed by atoms with Gasteiger partial charge in [-0.1, -0.05) is 35.3 Å². The van der Waals surface area contributed by atoms with Gasteiger partial charge in [-0.15, -0.1) is 0 Å². The Morgan fingerprint density at radius 2 is 1.88 bits per heavy atom. The molecule has 0 spiro atoms. The van der Waals surface area contributed by atoms with Gasteiger partial charge < -0.3 is 15.6 Å². The molecule has 1 aliphatic heterocycles. The third-order valence-corrected chi connectivity index (χ3v) is 5.72. The average Bonchev–Trinajstić information content (AvgIpc) is 2.77. The number of aliphatic imine (C=N–C) groups is 1. The number of alkyl halides is 3. The molecule has 5 nitrogen and oxygen atoms in total. The van der Waals surface area contributed by atoms with E-state index < -0.39 is 17.7 Å². The fourth-order valence-corrected chi connectivity index (χ4v) is 3.94. The third kappa shape index (κ3) is 4.53. The average molecular weight is 504 g/mol. The van der Waals surface area contributed by atoms with E-state index in [2.05, 4.69) is 4.99 Å². The number of aromatic hydroxyl groups is 1. The molecule has 3 N–H and O–H groups in total. The maximum absolute atomic E-state index is 13.1. The number of nitrogens with zero attached hydrogens (tertiary/aromatic N) is 2. The van der Waals surface area contributed by atoms with E-state index in [0.29, 0.717) is 16.1 Å². The topological polar surface area (TPSA) is 91.6 Å². The zero-order valence-corrected chi connectivity index (χ0v) is 18.6. The molecular formula is C24H14Cl2F3N3O2. The molecule has 3 aromatic rings. The summed E-state index contributed by atoms with van der Waals surface area (Å²) in [4.78, 5) is 4.05. The summed E-state index contributed by atoms with van der Waals surface area (Å²) in [5, 5.41) is 20.6. The Balaban J connectivity index is 1.81. The van der Waals surface area contributed by atoms with Gasteiger partial charge in [-0.2, -0.15) is 18.4 Å². The summed E-state index contributed by atoms with van der Waals surface area (Å²) in [5.41, 5.74) is 6.37. The molecule has 4 rings (SSSR count). The summed E-state index contributed by atoms with van der Waals surface area (Å²) in [6.45, 7) is 0. The molecule has 0 radical (unpaired) electrons. The van der Waals surface area contributed by atoms with Crippen LogP contribution in [-0.4, -0.2) is 11.3 Å². The summed E-state index contributed by atoms with van der Waals surface area (Å²) >= 11 is 12.1. The number of allylic oxidation sites excluding steroid dienone is 1. The molecule has 3 aromatic carbocycles. The quantitative estimate of drug-likeness (QED) is 0.389. The van der Waals surface area contributed by atoms with Crippen molar-refractivity contribution in [2.75, 3.05) is 0 Å². The first-order valence-corrected chi connectivity index (χ1v) is 10.4. The van der Waals surface area contributed by atoms with Crippen molar-refractivity contribution >= 4 is 35.1 Å². The highest BCUT2D eigenvalue weighted by Crippen LogP contribution is 2.44. The van der Waals surface area contributed by atoms with Gasteiger partial charge in [-0.05, 0) is 42.0 Å². The van der Waals surface area contributed by atoms with Crippen LogP contribution in [0.25, 0.3) is 0 Å². The van der Waals surface area contributed by atoms with Gasteiger partial charge in [-0.3, -0.25) is 4.99 Å². The van der Waals surface area contributed by atoms with Crippen LogP contribution in [0, 0.1) is 11.3 Å². The van der Waals surface area contributed by atoms with E-state index in [1.165, 1.54) is 18.3 Å². The van der Waals surface area contributed by atoms with E-state index in [1.807, 2.05) is 6.07 Å². The molecule has 0 aliphatic carbocycles. The van der Waals surface area contributed by atoms with Crippen LogP contribution in [0.1, 0.15) is 28.2 Å². The van der Waals surface area contributed by atoms with E-state index in [0.717, 1.165) is 18.2 Å². The molecule has 0 saturated heterocycles. The molecule has 0 bridgehead atoms. The minimum atomic E-state index is -4.57. The number of phenols is 1. The van der Waals surface area contributed by atoms with Crippen LogP contribution in [0.15, 0.2) is 71.0 Å². The van der Waals surface area contributed by atoms with Crippen LogP contribution >= 0.6 is 23.2 Å². The Bertz CT molecular complexity index is 1400. The van der Waals surface area contributed by atoms with Crippen molar-refractivity contribution in [3.8, 4) is 17.6 Å². The standard InChI is InChI=1S/C24H14Cl2F3N3O2/c25-15-3-1-2-12(6-15)22-16-7-13(20(33)9-21(16)34-23(31)17(22)10-30)11-32-19-8-14(24(27,28)29)4-5-18(19)26/h1-9,11,22,33H,31H2. The summed E-state index contributed by atoms with van der Waals surface area (Å²) in [7, 11) is 0. The smallest absolute Gasteiger partial charge is 0.416 e. The van der Waals surface area contributed by atoms with Crippen molar-refractivity contribution in [1.82, 2.24) is 0 Å². The number of hydrogen-bond acceptors (Lipinski definition) is 5. The maximum Gasteiger partial charge on any atom is 0.416 e. The monoisotopic (exact) mass is 503 g/mol. The molecule has 1 heterocycles. The van der Waals surface area contributed by atoms with Crippen LogP contribution in [0.2, 0.25) is 10.0 Å². The Morgan fingerprint density at radius 1 is 1.12 bits per heavy atom. The minimum absolute atomic E-state index is 0.00399. The Hall–Kier alpha value is -3.67. The first kappa shape index (κ1) is 23.5. The van der Waals surface area contributed by atoms with E-state index in [1.54, 1.807) is 24.3 Å². The number of benzene rings is 3. The van der Waals surface area contributed by atoms with Gasteiger partial charge in [-0.25, -0.2) is 0 Å².